The van der Waals surface area contributed by atoms with E-state index in [4.69, 9.17) is 4.74 Å². The van der Waals surface area contributed by atoms with Crippen LogP contribution in [-0.4, -0.2) is 12.6 Å². The van der Waals surface area contributed by atoms with Gasteiger partial charge in [0.05, 0.1) is 12.5 Å². The van der Waals surface area contributed by atoms with E-state index < -0.39 is 0 Å². The van der Waals surface area contributed by atoms with Gasteiger partial charge in [-0.15, -0.1) is 0 Å². The summed E-state index contributed by atoms with van der Waals surface area (Å²) in [6.45, 7) is 8.44. The molecule has 0 N–H and O–H groups in total. The van der Waals surface area contributed by atoms with Gasteiger partial charge in [0.2, 0.25) is 0 Å². The zero-order valence-electron chi connectivity index (χ0n) is 10.5. The third-order valence-electron chi connectivity index (χ3n) is 2.52. The van der Waals surface area contributed by atoms with E-state index in [9.17, 15) is 4.79 Å². The average molecular weight is 220 g/mol. The van der Waals surface area contributed by atoms with E-state index in [1.807, 2.05) is 37.3 Å². The van der Waals surface area contributed by atoms with Crippen LogP contribution in [0.1, 0.15) is 39.2 Å². The van der Waals surface area contributed by atoms with E-state index in [2.05, 4.69) is 20.8 Å². The first-order chi connectivity index (χ1) is 7.46. The summed E-state index contributed by atoms with van der Waals surface area (Å²) in [4.78, 5) is 12.0. The fourth-order valence-electron chi connectivity index (χ4n) is 1.86. The number of rotatable bonds is 3. The van der Waals surface area contributed by atoms with Crippen molar-refractivity contribution in [3.63, 3.8) is 0 Å². The Morgan fingerprint density at radius 2 is 1.81 bits per heavy atom. The van der Waals surface area contributed by atoms with Gasteiger partial charge in [0.25, 0.3) is 0 Å². The minimum absolute atomic E-state index is 0.131. The van der Waals surface area contributed by atoms with Gasteiger partial charge in [-0.1, -0.05) is 51.1 Å². The van der Waals surface area contributed by atoms with E-state index in [0.717, 1.165) is 5.56 Å². The normalized spacial score (nSPS) is 13.2. The zero-order valence-corrected chi connectivity index (χ0v) is 10.5. The van der Waals surface area contributed by atoms with Gasteiger partial charge in [0.15, 0.2) is 0 Å². The Balaban J connectivity index is 3.02. The molecule has 0 amide bonds. The molecule has 0 aliphatic heterocycles. The summed E-state index contributed by atoms with van der Waals surface area (Å²) >= 11 is 0. The maximum atomic E-state index is 12.0. The van der Waals surface area contributed by atoms with Crippen molar-refractivity contribution < 1.29 is 9.53 Å². The van der Waals surface area contributed by atoms with E-state index in [1.165, 1.54) is 0 Å². The smallest absolute Gasteiger partial charge is 0.313 e. The van der Waals surface area contributed by atoms with Gasteiger partial charge in [-0.2, -0.15) is 0 Å². The number of esters is 1. The summed E-state index contributed by atoms with van der Waals surface area (Å²) in [6.07, 6.45) is 0. The summed E-state index contributed by atoms with van der Waals surface area (Å²) in [7, 11) is 0. The molecule has 1 aromatic rings. The highest BCUT2D eigenvalue weighted by Crippen LogP contribution is 2.35. The molecule has 0 unspecified atom stereocenters. The fourth-order valence-corrected chi connectivity index (χ4v) is 1.86. The van der Waals surface area contributed by atoms with Gasteiger partial charge >= 0.3 is 5.97 Å². The quantitative estimate of drug-likeness (QED) is 0.730. The second-order valence-electron chi connectivity index (χ2n) is 4.96. The topological polar surface area (TPSA) is 26.3 Å². The molecule has 0 saturated heterocycles. The Morgan fingerprint density at radius 3 is 2.25 bits per heavy atom. The van der Waals surface area contributed by atoms with Crippen LogP contribution in [0, 0.1) is 5.41 Å². The average Bonchev–Trinajstić information content (AvgIpc) is 2.17. The Labute approximate surface area is 97.6 Å². The molecule has 0 bridgehead atoms. The van der Waals surface area contributed by atoms with Crippen LogP contribution >= 0.6 is 0 Å². The number of carbonyl (C=O) groups is 1. The number of hydrogen-bond donors (Lipinski definition) is 0. The van der Waals surface area contributed by atoms with Crippen molar-refractivity contribution in [3.8, 4) is 0 Å². The zero-order chi connectivity index (χ0) is 12.2. The monoisotopic (exact) mass is 220 g/mol. The highest BCUT2D eigenvalue weighted by Gasteiger charge is 2.33. The first-order valence-corrected chi connectivity index (χ1v) is 5.68. The van der Waals surface area contributed by atoms with E-state index >= 15 is 0 Å². The molecule has 0 aliphatic carbocycles. The lowest BCUT2D eigenvalue weighted by molar-refractivity contribution is -0.147. The van der Waals surface area contributed by atoms with Crippen LogP contribution in [-0.2, 0) is 9.53 Å². The van der Waals surface area contributed by atoms with Gasteiger partial charge < -0.3 is 4.74 Å². The Morgan fingerprint density at radius 1 is 1.25 bits per heavy atom. The van der Waals surface area contributed by atoms with Crippen LogP contribution in [0.15, 0.2) is 30.3 Å². The lowest BCUT2D eigenvalue weighted by atomic mass is 9.76. The minimum Gasteiger partial charge on any atom is -0.466 e. The van der Waals surface area contributed by atoms with E-state index in [0.29, 0.717) is 6.61 Å². The van der Waals surface area contributed by atoms with Crippen molar-refractivity contribution in [2.75, 3.05) is 6.61 Å². The largest absolute Gasteiger partial charge is 0.466 e. The van der Waals surface area contributed by atoms with Gasteiger partial charge in [0.1, 0.15) is 0 Å². The summed E-state index contributed by atoms with van der Waals surface area (Å²) < 4.78 is 5.15. The van der Waals surface area contributed by atoms with E-state index in [-0.39, 0.29) is 17.3 Å². The predicted molar refractivity (Wildman–Crippen MR) is 65.3 cm³/mol. The molecule has 2 heteroatoms. The standard InChI is InChI=1S/C14H20O2/c1-5-16-13(15)12(14(2,3)4)11-9-7-6-8-10-11/h6-10,12H,5H2,1-4H3/t12-/m0/s1. The Kier molecular flexibility index (Phi) is 4.11. The van der Waals surface area contributed by atoms with Gasteiger partial charge in [0, 0.05) is 0 Å². The van der Waals surface area contributed by atoms with Gasteiger partial charge in [-0.25, -0.2) is 0 Å². The number of ether oxygens (including phenoxy) is 1. The fraction of sp³-hybridized carbons (Fsp3) is 0.500. The molecule has 0 heterocycles. The third-order valence-corrected chi connectivity index (χ3v) is 2.52. The molecule has 2 nitrogen and oxygen atoms in total. The summed E-state index contributed by atoms with van der Waals surface area (Å²) in [5.74, 6) is -0.338. The second-order valence-corrected chi connectivity index (χ2v) is 4.96. The summed E-state index contributed by atoms with van der Waals surface area (Å²) in [6, 6.07) is 9.81. The first-order valence-electron chi connectivity index (χ1n) is 5.68. The molecule has 0 saturated carbocycles. The van der Waals surface area contributed by atoms with Gasteiger partial charge in [-0.05, 0) is 17.9 Å². The molecule has 1 rings (SSSR count). The lowest BCUT2D eigenvalue weighted by Gasteiger charge is -2.29. The van der Waals surface area contributed by atoms with Crippen molar-refractivity contribution >= 4 is 5.97 Å². The Hall–Kier alpha value is -1.31. The molecule has 0 aromatic heterocycles. The van der Waals surface area contributed by atoms with Crippen molar-refractivity contribution in [3.05, 3.63) is 35.9 Å². The van der Waals surface area contributed by atoms with Gasteiger partial charge in [-0.3, -0.25) is 4.79 Å². The Bertz CT molecular complexity index is 336. The minimum atomic E-state index is -0.200. The summed E-state index contributed by atoms with van der Waals surface area (Å²) in [5.41, 5.74) is 0.890. The van der Waals surface area contributed by atoms with Crippen molar-refractivity contribution in [2.45, 2.75) is 33.6 Å². The van der Waals surface area contributed by atoms with Crippen molar-refractivity contribution in [1.82, 2.24) is 0 Å². The van der Waals surface area contributed by atoms with Crippen LogP contribution < -0.4 is 0 Å². The van der Waals surface area contributed by atoms with Crippen molar-refractivity contribution in [2.24, 2.45) is 5.41 Å². The molecule has 0 fully saturated rings. The molecule has 1 atom stereocenters. The second kappa shape index (κ2) is 5.15. The molecule has 0 aliphatic rings. The number of hydrogen-bond acceptors (Lipinski definition) is 2. The lowest BCUT2D eigenvalue weighted by Crippen LogP contribution is -2.28. The van der Waals surface area contributed by atoms with Crippen LogP contribution in [0.2, 0.25) is 0 Å². The SMILES string of the molecule is CCOC(=O)[C@H](c1ccccc1)C(C)(C)C. The first kappa shape index (κ1) is 12.8. The maximum absolute atomic E-state index is 12.0. The molecule has 1 aromatic carbocycles. The number of benzene rings is 1. The summed E-state index contributed by atoms with van der Waals surface area (Å²) in [5, 5.41) is 0. The number of carbonyl (C=O) groups excluding carboxylic acids is 1. The van der Waals surface area contributed by atoms with Crippen LogP contribution in [0.3, 0.4) is 0 Å². The van der Waals surface area contributed by atoms with Crippen LogP contribution in [0.25, 0.3) is 0 Å². The molecular weight excluding hydrogens is 200 g/mol. The molecular formula is C14H20O2. The molecule has 0 radical (unpaired) electrons. The highest BCUT2D eigenvalue weighted by atomic mass is 16.5. The maximum Gasteiger partial charge on any atom is 0.313 e. The van der Waals surface area contributed by atoms with Crippen LogP contribution in [0.4, 0.5) is 0 Å². The van der Waals surface area contributed by atoms with Crippen LogP contribution in [0.5, 0.6) is 0 Å². The third kappa shape index (κ3) is 3.09. The highest BCUT2D eigenvalue weighted by molar-refractivity contribution is 5.79. The molecule has 88 valence electrons. The predicted octanol–water partition coefficient (Wildman–Crippen LogP) is 3.38. The van der Waals surface area contributed by atoms with E-state index in [1.54, 1.807) is 0 Å². The molecule has 0 spiro atoms. The molecule has 16 heavy (non-hydrogen) atoms. The van der Waals surface area contributed by atoms with Crippen molar-refractivity contribution in [1.29, 1.82) is 0 Å².